The summed E-state index contributed by atoms with van der Waals surface area (Å²) >= 11 is 14.4. The number of halogens is 3. The molecule has 2 heterocycles. The van der Waals surface area contributed by atoms with Crippen LogP contribution in [0.15, 0.2) is 15.9 Å². The third kappa shape index (κ3) is 7.79. The number of likely N-dealkylation sites (N-methyl/N-ethyl adjacent to an activating group) is 1. The molecule has 0 bridgehead atoms. The number of aromatic nitrogens is 4. The molecule has 0 atom stereocenters. The Hall–Kier alpha value is -1.06. The van der Waals surface area contributed by atoms with Crippen molar-refractivity contribution in [2.75, 3.05) is 34.3 Å². The summed E-state index contributed by atoms with van der Waals surface area (Å²) in [4.78, 5) is 27.2. The van der Waals surface area contributed by atoms with E-state index in [2.05, 4.69) is 26.1 Å². The normalized spacial score (nSPS) is 11.0. The van der Waals surface area contributed by atoms with Crippen LogP contribution >= 0.6 is 34.8 Å². The van der Waals surface area contributed by atoms with E-state index in [0.717, 1.165) is 15.6 Å². The minimum absolute atomic E-state index is 0.281. The molecule has 0 aliphatic rings. The van der Waals surface area contributed by atoms with Crippen LogP contribution in [0.4, 0.5) is 0 Å². The number of hydrogen-bond donors (Lipinski definition) is 1. The number of quaternary nitrogens is 1. The highest BCUT2D eigenvalue weighted by Crippen LogP contribution is 2.03. The summed E-state index contributed by atoms with van der Waals surface area (Å²) in [6, 6.07) is 0. The molecule has 0 aromatic carbocycles. The molecule has 0 unspecified atom stereocenters. The fraction of sp³-hybridized carbons (Fsp3) is 0.643. The van der Waals surface area contributed by atoms with Crippen LogP contribution < -0.4 is 11.2 Å². The monoisotopic (exact) mass is 416 g/mol. The van der Waals surface area contributed by atoms with Crippen LogP contribution in [-0.4, -0.2) is 66.9 Å². The molecule has 144 valence electrons. The molecule has 0 spiro atoms. The first-order chi connectivity index (χ1) is 11.3. The Bertz CT molecular complexity index is 787. The first-order valence-corrected chi connectivity index (χ1v) is 8.55. The molecule has 0 aliphatic heterocycles. The summed E-state index contributed by atoms with van der Waals surface area (Å²) in [7, 11) is 10.9. The number of imidazole rings is 1. The average molecular weight is 418 g/mol. The lowest BCUT2D eigenvalue weighted by Crippen LogP contribution is -2.37. The predicted molar refractivity (Wildman–Crippen MR) is 103 cm³/mol. The maximum absolute atomic E-state index is 11.7. The number of fused-ring (bicyclic) bond motifs is 1. The number of hydrogen-bond acceptors (Lipinski definition) is 4. The topological polar surface area (TPSA) is 82.1 Å². The molecular formula is C14H25Cl3N5O3+. The highest BCUT2D eigenvalue weighted by molar-refractivity contribution is 6.63. The van der Waals surface area contributed by atoms with Crippen LogP contribution in [0, 0.1) is 0 Å². The number of nitrogens with zero attached hydrogens (tertiary/aromatic N) is 5. The molecule has 0 fully saturated rings. The van der Waals surface area contributed by atoms with Gasteiger partial charge in [0.25, 0.3) is 5.56 Å². The second kappa shape index (κ2) is 10.2. The van der Waals surface area contributed by atoms with Gasteiger partial charge in [0, 0.05) is 21.1 Å². The van der Waals surface area contributed by atoms with Gasteiger partial charge in [-0.3, -0.25) is 13.9 Å². The smallest absolute Gasteiger partial charge is 0.332 e. The van der Waals surface area contributed by atoms with E-state index in [0.29, 0.717) is 11.2 Å². The van der Waals surface area contributed by atoms with Gasteiger partial charge in [-0.15, -0.1) is 0 Å². The zero-order valence-electron chi connectivity index (χ0n) is 15.2. The number of rotatable bonds is 2. The molecule has 8 nitrogen and oxygen atoms in total. The van der Waals surface area contributed by atoms with Gasteiger partial charge < -0.3 is 14.2 Å². The summed E-state index contributed by atoms with van der Waals surface area (Å²) in [5.41, 5.74) is 0.180. The standard InChI is InChI=1S/C8H10N4O2.C5H14NO.CHCl3/c1-10-4-9-6-5(10)7(13)12(3)8(14)11(6)2;1-6(2,3)4-5-7;2-1(3)4/h4H,1-3H3;7H,4-5H2,1-3H3;1H/q;+1;. The van der Waals surface area contributed by atoms with Crippen LogP contribution in [0.1, 0.15) is 0 Å². The Balaban J connectivity index is 0.000000442. The Kier molecular flexibility index (Phi) is 9.75. The van der Waals surface area contributed by atoms with Gasteiger partial charge in [0.05, 0.1) is 34.1 Å². The quantitative estimate of drug-likeness (QED) is 0.574. The maximum atomic E-state index is 11.7. The third-order valence-electron chi connectivity index (χ3n) is 3.09. The second-order valence-electron chi connectivity index (χ2n) is 6.22. The van der Waals surface area contributed by atoms with E-state index in [1.165, 1.54) is 17.9 Å². The Morgan fingerprint density at radius 1 is 1.12 bits per heavy atom. The molecular weight excluding hydrogens is 393 g/mol. The number of aliphatic hydroxyl groups excluding tert-OH is 1. The van der Waals surface area contributed by atoms with E-state index in [1.807, 2.05) is 0 Å². The van der Waals surface area contributed by atoms with Crippen molar-refractivity contribution in [3.63, 3.8) is 0 Å². The first-order valence-electron chi connectivity index (χ1n) is 7.24. The van der Waals surface area contributed by atoms with Crippen molar-refractivity contribution in [2.24, 2.45) is 21.1 Å². The Labute approximate surface area is 161 Å². The van der Waals surface area contributed by atoms with Crippen LogP contribution in [0.5, 0.6) is 0 Å². The van der Waals surface area contributed by atoms with Gasteiger partial charge in [-0.25, -0.2) is 9.78 Å². The van der Waals surface area contributed by atoms with Crippen molar-refractivity contribution in [3.8, 4) is 0 Å². The average Bonchev–Trinajstić information content (AvgIpc) is 2.84. The van der Waals surface area contributed by atoms with Gasteiger partial charge in [-0.2, -0.15) is 0 Å². The van der Waals surface area contributed by atoms with E-state index in [4.69, 9.17) is 39.9 Å². The minimum atomic E-state index is -0.750. The fourth-order valence-corrected chi connectivity index (χ4v) is 1.77. The maximum Gasteiger partial charge on any atom is 0.332 e. The van der Waals surface area contributed by atoms with E-state index >= 15 is 0 Å². The highest BCUT2D eigenvalue weighted by atomic mass is 35.6. The highest BCUT2D eigenvalue weighted by Gasteiger charge is 2.11. The van der Waals surface area contributed by atoms with Gasteiger partial charge in [0.15, 0.2) is 15.5 Å². The molecule has 0 saturated heterocycles. The summed E-state index contributed by atoms with van der Waals surface area (Å²) in [5.74, 6) is 0. The Morgan fingerprint density at radius 3 is 1.96 bits per heavy atom. The van der Waals surface area contributed by atoms with Crippen LogP contribution in [-0.2, 0) is 21.1 Å². The minimum Gasteiger partial charge on any atom is -0.391 e. The lowest BCUT2D eigenvalue weighted by molar-refractivity contribution is -0.870. The van der Waals surface area contributed by atoms with E-state index in [-0.39, 0.29) is 17.9 Å². The number of aliphatic hydroxyl groups is 1. The van der Waals surface area contributed by atoms with E-state index in [1.54, 1.807) is 18.7 Å². The lowest BCUT2D eigenvalue weighted by Gasteiger charge is -2.21. The Morgan fingerprint density at radius 2 is 1.60 bits per heavy atom. The van der Waals surface area contributed by atoms with E-state index < -0.39 is 4.30 Å². The van der Waals surface area contributed by atoms with Crippen LogP contribution in [0.3, 0.4) is 0 Å². The SMILES string of the molecule is C[N+](C)(C)CCO.ClC(Cl)Cl.Cn1c(=O)c2c(ncn2C)n(C)c1=O. The molecule has 2 aromatic rings. The van der Waals surface area contributed by atoms with E-state index in [9.17, 15) is 9.59 Å². The number of aryl methyl sites for hydroxylation is 2. The van der Waals surface area contributed by atoms with Crippen molar-refractivity contribution >= 4 is 46.0 Å². The van der Waals surface area contributed by atoms with Crippen molar-refractivity contribution in [1.82, 2.24) is 18.7 Å². The molecule has 0 aliphatic carbocycles. The molecule has 11 heteroatoms. The van der Waals surface area contributed by atoms with Gasteiger partial charge >= 0.3 is 5.69 Å². The molecule has 2 rings (SSSR count). The lowest BCUT2D eigenvalue weighted by atomic mass is 10.5. The summed E-state index contributed by atoms with van der Waals surface area (Å²) in [6.45, 7) is 1.11. The summed E-state index contributed by atoms with van der Waals surface area (Å²) in [5, 5.41) is 8.39. The van der Waals surface area contributed by atoms with Crippen LogP contribution in [0.2, 0.25) is 0 Å². The van der Waals surface area contributed by atoms with Crippen molar-refractivity contribution < 1.29 is 9.59 Å². The van der Waals surface area contributed by atoms with Crippen molar-refractivity contribution in [1.29, 1.82) is 0 Å². The summed E-state index contributed by atoms with van der Waals surface area (Å²) < 4.78 is 4.13. The number of alkyl halides is 3. The predicted octanol–water partition coefficient (Wildman–Crippen LogP) is 0.642. The van der Waals surface area contributed by atoms with Crippen molar-refractivity contribution in [3.05, 3.63) is 27.2 Å². The zero-order valence-corrected chi connectivity index (χ0v) is 17.5. The summed E-state index contributed by atoms with van der Waals surface area (Å²) in [6.07, 6.45) is 1.52. The van der Waals surface area contributed by atoms with Crippen molar-refractivity contribution in [2.45, 2.75) is 4.30 Å². The third-order valence-corrected chi connectivity index (χ3v) is 3.09. The van der Waals surface area contributed by atoms with Crippen LogP contribution in [0.25, 0.3) is 11.2 Å². The van der Waals surface area contributed by atoms with Gasteiger partial charge in [0.2, 0.25) is 0 Å². The molecule has 0 amide bonds. The molecule has 1 N–H and O–H groups in total. The second-order valence-corrected chi connectivity index (χ2v) is 8.20. The first kappa shape index (κ1) is 23.9. The van der Waals surface area contributed by atoms with Gasteiger partial charge in [-0.1, -0.05) is 34.8 Å². The zero-order chi connectivity index (χ0) is 19.9. The fourth-order valence-electron chi connectivity index (χ4n) is 1.77. The van der Waals surface area contributed by atoms with Gasteiger partial charge in [-0.05, 0) is 0 Å². The molecule has 0 radical (unpaired) electrons. The largest absolute Gasteiger partial charge is 0.391 e. The molecule has 2 aromatic heterocycles. The van der Waals surface area contributed by atoms with Gasteiger partial charge in [0.1, 0.15) is 6.54 Å². The molecule has 25 heavy (non-hydrogen) atoms. The molecule has 0 saturated carbocycles.